The van der Waals surface area contributed by atoms with E-state index in [2.05, 4.69) is 26.0 Å². The second kappa shape index (κ2) is 5.31. The number of para-hydroxylation sites is 1. The van der Waals surface area contributed by atoms with Crippen molar-refractivity contribution in [1.82, 2.24) is 14.8 Å². The van der Waals surface area contributed by atoms with Crippen LogP contribution in [0, 0.1) is 0 Å². The smallest absolute Gasteiger partial charge is 0.343 e. The van der Waals surface area contributed by atoms with Crippen LogP contribution in [0.3, 0.4) is 0 Å². The van der Waals surface area contributed by atoms with E-state index in [1.54, 1.807) is 24.3 Å². The van der Waals surface area contributed by atoms with Crippen molar-refractivity contribution in [3.8, 4) is 5.69 Å². The fourth-order valence-electron chi connectivity index (χ4n) is 2.74. The summed E-state index contributed by atoms with van der Waals surface area (Å²) < 4.78 is 1.97. The van der Waals surface area contributed by atoms with Gasteiger partial charge in [-0.15, -0.1) is 0 Å². The number of aromatic amines is 1. The molecule has 2 aromatic carbocycles. The van der Waals surface area contributed by atoms with E-state index in [4.69, 9.17) is 0 Å². The zero-order valence-electron chi connectivity index (χ0n) is 12.2. The Morgan fingerprint density at radius 1 is 1.17 bits per heavy atom. The molecule has 4 aromatic rings. The summed E-state index contributed by atoms with van der Waals surface area (Å²) in [5.74, 6) is -1.29. The molecular formula is C17H10BrN3O3. The number of aromatic carboxylic acids is 1. The zero-order chi connectivity index (χ0) is 16.8. The lowest BCUT2D eigenvalue weighted by atomic mass is 10.2. The van der Waals surface area contributed by atoms with Crippen molar-refractivity contribution in [1.29, 1.82) is 0 Å². The van der Waals surface area contributed by atoms with Crippen molar-refractivity contribution in [3.05, 3.63) is 68.9 Å². The first-order valence-corrected chi connectivity index (χ1v) is 7.88. The van der Waals surface area contributed by atoms with E-state index >= 15 is 0 Å². The van der Waals surface area contributed by atoms with Gasteiger partial charge in [-0.3, -0.25) is 4.79 Å². The van der Waals surface area contributed by atoms with Crippen LogP contribution in [-0.2, 0) is 0 Å². The summed E-state index contributed by atoms with van der Waals surface area (Å²) in [6.07, 6.45) is 0. The quantitative estimate of drug-likeness (QED) is 0.555. The fourth-order valence-corrected chi connectivity index (χ4v) is 3.10. The highest BCUT2D eigenvalue weighted by molar-refractivity contribution is 9.10. The second-order valence-electron chi connectivity index (χ2n) is 5.27. The maximum atomic E-state index is 12.7. The summed E-state index contributed by atoms with van der Waals surface area (Å²) in [5.41, 5.74) is 0.895. The van der Waals surface area contributed by atoms with E-state index in [9.17, 15) is 14.7 Å². The third-order valence-electron chi connectivity index (χ3n) is 3.80. The Morgan fingerprint density at radius 3 is 2.62 bits per heavy atom. The Morgan fingerprint density at radius 2 is 1.92 bits per heavy atom. The van der Waals surface area contributed by atoms with Crippen molar-refractivity contribution < 1.29 is 9.90 Å². The van der Waals surface area contributed by atoms with Gasteiger partial charge in [-0.05, 0) is 30.3 Å². The highest BCUT2D eigenvalue weighted by Gasteiger charge is 2.21. The van der Waals surface area contributed by atoms with Crippen LogP contribution >= 0.6 is 15.9 Å². The molecule has 0 aliphatic heterocycles. The predicted molar refractivity (Wildman–Crippen MR) is 93.9 cm³/mol. The first-order valence-electron chi connectivity index (χ1n) is 7.09. The first kappa shape index (κ1) is 14.6. The Balaban J connectivity index is 2.20. The molecule has 6 nitrogen and oxygen atoms in total. The van der Waals surface area contributed by atoms with Crippen LogP contribution < -0.4 is 5.56 Å². The van der Waals surface area contributed by atoms with E-state index in [1.165, 1.54) is 0 Å². The summed E-state index contributed by atoms with van der Waals surface area (Å²) in [4.78, 5) is 27.4. The van der Waals surface area contributed by atoms with Gasteiger partial charge < -0.3 is 10.1 Å². The van der Waals surface area contributed by atoms with Crippen molar-refractivity contribution in [2.45, 2.75) is 0 Å². The molecule has 4 rings (SSSR count). The van der Waals surface area contributed by atoms with Gasteiger partial charge in [-0.1, -0.05) is 34.1 Å². The van der Waals surface area contributed by atoms with Crippen molar-refractivity contribution in [3.63, 3.8) is 0 Å². The number of hydrogen-bond donors (Lipinski definition) is 2. The SMILES string of the molecule is O=C(O)c1c(=O)n(-c2ccccc2)nc2c1[nH]c1cc(Br)ccc12. The maximum absolute atomic E-state index is 12.7. The molecule has 0 spiro atoms. The topological polar surface area (TPSA) is 88.0 Å². The minimum Gasteiger partial charge on any atom is -0.477 e. The highest BCUT2D eigenvalue weighted by atomic mass is 79.9. The fraction of sp³-hybridized carbons (Fsp3) is 0. The van der Waals surface area contributed by atoms with Gasteiger partial charge in [0.1, 0.15) is 5.52 Å². The van der Waals surface area contributed by atoms with Crippen LogP contribution in [0.25, 0.3) is 27.6 Å². The molecule has 0 amide bonds. The zero-order valence-corrected chi connectivity index (χ0v) is 13.7. The summed E-state index contributed by atoms with van der Waals surface area (Å²) >= 11 is 3.38. The van der Waals surface area contributed by atoms with Crippen molar-refractivity contribution in [2.24, 2.45) is 0 Å². The molecule has 2 N–H and O–H groups in total. The molecule has 118 valence electrons. The number of H-pyrrole nitrogens is 1. The number of carboxylic acids is 1. The molecular weight excluding hydrogens is 374 g/mol. The van der Waals surface area contributed by atoms with Crippen LogP contribution in [0.2, 0.25) is 0 Å². The van der Waals surface area contributed by atoms with Gasteiger partial charge in [0.25, 0.3) is 5.56 Å². The van der Waals surface area contributed by atoms with E-state index in [0.717, 1.165) is 14.5 Å². The molecule has 7 heteroatoms. The molecule has 0 radical (unpaired) electrons. The standard InChI is InChI=1S/C17H10BrN3O3/c18-9-6-7-11-12(8-9)19-15-13(17(23)24)16(22)21(20-14(11)15)10-4-2-1-3-5-10/h1-8,19H,(H,23,24). The van der Waals surface area contributed by atoms with Gasteiger partial charge in [0, 0.05) is 15.4 Å². The number of benzene rings is 2. The highest BCUT2D eigenvalue weighted by Crippen LogP contribution is 2.27. The normalized spacial score (nSPS) is 11.2. The van der Waals surface area contributed by atoms with Crippen molar-refractivity contribution >= 4 is 43.8 Å². The average molecular weight is 384 g/mol. The molecule has 0 aliphatic rings. The minimum atomic E-state index is -1.29. The monoisotopic (exact) mass is 383 g/mol. The number of rotatable bonds is 2. The van der Waals surface area contributed by atoms with Crippen LogP contribution in [-0.4, -0.2) is 25.8 Å². The van der Waals surface area contributed by atoms with Crippen LogP contribution in [0.4, 0.5) is 0 Å². The summed E-state index contributed by atoms with van der Waals surface area (Å²) in [7, 11) is 0. The Bertz CT molecular complexity index is 1160. The number of nitrogens with one attached hydrogen (secondary N) is 1. The molecule has 0 saturated carbocycles. The molecule has 0 bridgehead atoms. The number of hydrogen-bond acceptors (Lipinski definition) is 3. The van der Waals surface area contributed by atoms with E-state index < -0.39 is 11.5 Å². The van der Waals surface area contributed by atoms with Gasteiger partial charge in [0.15, 0.2) is 5.56 Å². The van der Waals surface area contributed by atoms with Crippen molar-refractivity contribution in [2.75, 3.05) is 0 Å². The average Bonchev–Trinajstić information content (AvgIpc) is 2.91. The summed E-state index contributed by atoms with van der Waals surface area (Å²) in [5, 5.41) is 14.7. The summed E-state index contributed by atoms with van der Waals surface area (Å²) in [6.45, 7) is 0. The second-order valence-corrected chi connectivity index (χ2v) is 6.19. The molecule has 0 aliphatic carbocycles. The van der Waals surface area contributed by atoms with Gasteiger partial charge in [-0.25, -0.2) is 4.79 Å². The predicted octanol–water partition coefficient (Wildman–Crippen LogP) is 3.33. The number of fused-ring (bicyclic) bond motifs is 3. The van der Waals surface area contributed by atoms with Crippen LogP contribution in [0.15, 0.2) is 57.8 Å². The minimum absolute atomic E-state index is 0.229. The third kappa shape index (κ3) is 2.13. The number of halogens is 1. The lowest BCUT2D eigenvalue weighted by Crippen LogP contribution is -2.27. The van der Waals surface area contributed by atoms with Crippen LogP contribution in [0.5, 0.6) is 0 Å². The lowest BCUT2D eigenvalue weighted by molar-refractivity contribution is 0.0696. The van der Waals surface area contributed by atoms with Gasteiger partial charge in [0.2, 0.25) is 0 Å². The third-order valence-corrected chi connectivity index (χ3v) is 4.30. The molecule has 0 saturated heterocycles. The van der Waals surface area contributed by atoms with Gasteiger partial charge >= 0.3 is 5.97 Å². The molecule has 0 fully saturated rings. The largest absolute Gasteiger partial charge is 0.477 e. The maximum Gasteiger partial charge on any atom is 0.343 e. The van der Waals surface area contributed by atoms with E-state index in [-0.39, 0.29) is 11.1 Å². The molecule has 24 heavy (non-hydrogen) atoms. The molecule has 0 atom stereocenters. The van der Waals surface area contributed by atoms with Gasteiger partial charge in [0.05, 0.1) is 11.2 Å². The van der Waals surface area contributed by atoms with E-state index in [0.29, 0.717) is 16.7 Å². The Kier molecular flexibility index (Phi) is 3.24. The Hall–Kier alpha value is -2.93. The molecule has 2 aromatic heterocycles. The van der Waals surface area contributed by atoms with Crippen LogP contribution in [0.1, 0.15) is 10.4 Å². The summed E-state index contributed by atoms with van der Waals surface area (Å²) in [6, 6.07) is 14.2. The molecule has 0 unspecified atom stereocenters. The number of carboxylic acid groups (broad SMARTS) is 1. The Labute approximate surface area is 143 Å². The van der Waals surface area contributed by atoms with Gasteiger partial charge in [-0.2, -0.15) is 9.78 Å². The molecule has 2 heterocycles. The first-order chi connectivity index (χ1) is 11.6. The lowest BCUT2D eigenvalue weighted by Gasteiger charge is -2.06. The van der Waals surface area contributed by atoms with E-state index in [1.807, 2.05) is 24.3 Å². The number of nitrogens with zero attached hydrogens (tertiary/aromatic N) is 2. The number of aromatic nitrogens is 3. The number of carbonyl (C=O) groups is 1.